The molecule has 0 saturated heterocycles. The maximum atomic E-state index is 10.8. The first-order valence-electron chi connectivity index (χ1n) is 7.47. The van der Waals surface area contributed by atoms with Gasteiger partial charge in [0.2, 0.25) is 5.95 Å². The van der Waals surface area contributed by atoms with Crippen LogP contribution >= 0.6 is 15.9 Å². The number of aromatic nitrogens is 3. The van der Waals surface area contributed by atoms with Crippen LogP contribution in [0, 0.1) is 0 Å². The minimum atomic E-state index is -1.01. The normalized spacial score (nSPS) is 12.0. The zero-order valence-electron chi connectivity index (χ0n) is 13.5. The lowest BCUT2D eigenvalue weighted by atomic mass is 10.3. The highest BCUT2D eigenvalue weighted by atomic mass is 79.9. The summed E-state index contributed by atoms with van der Waals surface area (Å²) in [5, 5.41) is 17.2. The fourth-order valence-electron chi connectivity index (χ4n) is 2.16. The molecule has 7 nitrogen and oxygen atoms in total. The second kappa shape index (κ2) is 7.02. The molecule has 0 saturated carbocycles. The molecule has 2 aromatic carbocycles. The Labute approximate surface area is 152 Å². The van der Waals surface area contributed by atoms with Gasteiger partial charge in [-0.3, -0.25) is 0 Å². The van der Waals surface area contributed by atoms with Gasteiger partial charge in [-0.2, -0.15) is 0 Å². The lowest BCUT2D eigenvalue weighted by molar-refractivity contribution is -0.144. The molecule has 8 heteroatoms. The molecule has 0 bridgehead atoms. The average Bonchev–Trinajstić information content (AvgIpc) is 2.61. The number of hydrogen-bond acceptors (Lipinski definition) is 6. The first-order chi connectivity index (χ1) is 11.9. The molecule has 0 amide bonds. The zero-order chi connectivity index (χ0) is 18.0. The Bertz CT molecular complexity index is 917. The molecule has 1 atom stereocenters. The molecule has 0 fully saturated rings. The molecule has 0 radical (unpaired) electrons. The van der Waals surface area contributed by atoms with Gasteiger partial charge in [0, 0.05) is 17.2 Å². The van der Waals surface area contributed by atoms with Gasteiger partial charge in [-0.15, -0.1) is 10.2 Å². The van der Waals surface area contributed by atoms with E-state index in [1.807, 2.05) is 25.2 Å². The van der Waals surface area contributed by atoms with Crippen molar-refractivity contribution in [1.82, 2.24) is 15.2 Å². The number of nitrogens with zero attached hydrogens (tertiary/aromatic N) is 4. The van der Waals surface area contributed by atoms with Crippen LogP contribution in [0.15, 0.2) is 46.9 Å². The third-order valence-corrected chi connectivity index (χ3v) is 4.08. The SMILES string of the molecule is CC(Oc1ccc(N(C)c2nnc3cc(Br)ccc3n2)cc1)C(=O)O. The Balaban J connectivity index is 1.81. The second-order valence-electron chi connectivity index (χ2n) is 5.40. The summed E-state index contributed by atoms with van der Waals surface area (Å²) in [6.07, 6.45) is -0.907. The zero-order valence-corrected chi connectivity index (χ0v) is 15.1. The third-order valence-electron chi connectivity index (χ3n) is 3.59. The Hall–Kier alpha value is -2.74. The highest BCUT2D eigenvalue weighted by Gasteiger charge is 2.13. The van der Waals surface area contributed by atoms with Gasteiger partial charge in [0.05, 0.1) is 5.52 Å². The Morgan fingerprint density at radius 2 is 1.88 bits per heavy atom. The van der Waals surface area contributed by atoms with Crippen LogP contribution in [0.1, 0.15) is 6.92 Å². The maximum absolute atomic E-state index is 10.8. The van der Waals surface area contributed by atoms with E-state index in [1.165, 1.54) is 6.92 Å². The number of ether oxygens (including phenoxy) is 1. The number of carboxylic acids is 1. The molecule has 1 heterocycles. The summed E-state index contributed by atoms with van der Waals surface area (Å²) in [7, 11) is 1.83. The Morgan fingerprint density at radius 1 is 1.16 bits per heavy atom. The van der Waals surface area contributed by atoms with Crippen LogP contribution in [0.3, 0.4) is 0 Å². The van der Waals surface area contributed by atoms with E-state index in [0.29, 0.717) is 17.2 Å². The summed E-state index contributed by atoms with van der Waals surface area (Å²) in [5.41, 5.74) is 2.28. The average molecular weight is 403 g/mol. The van der Waals surface area contributed by atoms with E-state index in [9.17, 15) is 4.79 Å². The van der Waals surface area contributed by atoms with Crippen molar-refractivity contribution in [2.24, 2.45) is 0 Å². The summed E-state index contributed by atoms with van der Waals surface area (Å²) in [5.74, 6) is -0.0691. The number of anilines is 2. The minimum Gasteiger partial charge on any atom is -0.479 e. The minimum absolute atomic E-state index is 0.461. The van der Waals surface area contributed by atoms with Gasteiger partial charge in [0.15, 0.2) is 6.10 Å². The Morgan fingerprint density at radius 3 is 2.56 bits per heavy atom. The second-order valence-corrected chi connectivity index (χ2v) is 6.31. The molecule has 3 rings (SSSR count). The van der Waals surface area contributed by atoms with Crippen molar-refractivity contribution >= 4 is 44.6 Å². The number of rotatable bonds is 5. The molecular formula is C17H15BrN4O3. The van der Waals surface area contributed by atoms with Crippen LogP contribution in [0.4, 0.5) is 11.6 Å². The summed E-state index contributed by atoms with van der Waals surface area (Å²) in [6, 6.07) is 12.6. The van der Waals surface area contributed by atoms with Gasteiger partial charge in [0.25, 0.3) is 0 Å². The van der Waals surface area contributed by atoms with Crippen LogP contribution in [0.25, 0.3) is 11.0 Å². The molecule has 1 aromatic heterocycles. The van der Waals surface area contributed by atoms with E-state index < -0.39 is 12.1 Å². The van der Waals surface area contributed by atoms with Crippen LogP contribution in [-0.2, 0) is 4.79 Å². The van der Waals surface area contributed by atoms with Crippen LogP contribution in [0.5, 0.6) is 5.75 Å². The number of aliphatic carboxylic acids is 1. The molecule has 0 aliphatic carbocycles. The first-order valence-corrected chi connectivity index (χ1v) is 8.26. The predicted molar refractivity (Wildman–Crippen MR) is 97.3 cm³/mol. The van der Waals surface area contributed by atoms with Crippen molar-refractivity contribution in [3.05, 3.63) is 46.9 Å². The third kappa shape index (κ3) is 3.85. The van der Waals surface area contributed by atoms with Crippen molar-refractivity contribution in [2.45, 2.75) is 13.0 Å². The number of halogens is 1. The molecule has 0 spiro atoms. The van der Waals surface area contributed by atoms with Gasteiger partial charge in [-0.25, -0.2) is 9.78 Å². The van der Waals surface area contributed by atoms with Gasteiger partial charge >= 0.3 is 5.97 Å². The number of carbonyl (C=O) groups is 1. The van der Waals surface area contributed by atoms with E-state index in [2.05, 4.69) is 31.1 Å². The van der Waals surface area contributed by atoms with E-state index in [4.69, 9.17) is 9.84 Å². The first kappa shape index (κ1) is 17.1. The maximum Gasteiger partial charge on any atom is 0.344 e. The van der Waals surface area contributed by atoms with E-state index in [1.54, 1.807) is 29.2 Å². The van der Waals surface area contributed by atoms with E-state index >= 15 is 0 Å². The van der Waals surface area contributed by atoms with E-state index in [-0.39, 0.29) is 0 Å². The summed E-state index contributed by atoms with van der Waals surface area (Å²) in [4.78, 5) is 17.1. The molecule has 1 unspecified atom stereocenters. The lowest BCUT2D eigenvalue weighted by Crippen LogP contribution is -2.22. The summed E-state index contributed by atoms with van der Waals surface area (Å²) < 4.78 is 6.24. The molecular weight excluding hydrogens is 388 g/mol. The van der Waals surface area contributed by atoms with Crippen molar-refractivity contribution < 1.29 is 14.6 Å². The highest BCUT2D eigenvalue weighted by Crippen LogP contribution is 2.25. The van der Waals surface area contributed by atoms with Gasteiger partial charge in [0.1, 0.15) is 11.3 Å². The number of carboxylic acid groups (broad SMARTS) is 1. The fourth-order valence-corrected chi connectivity index (χ4v) is 2.51. The molecule has 0 aliphatic heterocycles. The molecule has 25 heavy (non-hydrogen) atoms. The quantitative estimate of drug-likeness (QED) is 0.699. The number of benzene rings is 2. The fraction of sp³-hybridized carbons (Fsp3) is 0.176. The summed E-state index contributed by atoms with van der Waals surface area (Å²) in [6.45, 7) is 1.48. The van der Waals surface area contributed by atoms with Crippen LogP contribution in [0.2, 0.25) is 0 Å². The molecule has 3 aromatic rings. The number of hydrogen-bond donors (Lipinski definition) is 1. The van der Waals surface area contributed by atoms with Crippen molar-refractivity contribution in [2.75, 3.05) is 11.9 Å². The van der Waals surface area contributed by atoms with E-state index in [0.717, 1.165) is 15.7 Å². The molecule has 128 valence electrons. The van der Waals surface area contributed by atoms with Crippen molar-refractivity contribution in [3.8, 4) is 5.75 Å². The van der Waals surface area contributed by atoms with Crippen LogP contribution < -0.4 is 9.64 Å². The van der Waals surface area contributed by atoms with Crippen molar-refractivity contribution in [1.29, 1.82) is 0 Å². The van der Waals surface area contributed by atoms with Gasteiger partial charge in [-0.05, 0) is 49.4 Å². The summed E-state index contributed by atoms with van der Waals surface area (Å²) >= 11 is 3.39. The smallest absolute Gasteiger partial charge is 0.344 e. The van der Waals surface area contributed by atoms with Crippen molar-refractivity contribution in [3.63, 3.8) is 0 Å². The number of fused-ring (bicyclic) bond motifs is 1. The largest absolute Gasteiger partial charge is 0.479 e. The highest BCUT2D eigenvalue weighted by molar-refractivity contribution is 9.10. The lowest BCUT2D eigenvalue weighted by Gasteiger charge is -2.17. The standard InChI is InChI=1S/C17H15BrN4O3/c1-10(16(23)24)25-13-6-4-12(5-7-13)22(2)17-19-14-8-3-11(18)9-15(14)20-21-17/h3-10H,1-2H3,(H,23,24). The topological polar surface area (TPSA) is 88.4 Å². The predicted octanol–water partition coefficient (Wildman–Crippen LogP) is 3.41. The Kier molecular flexibility index (Phi) is 4.80. The monoisotopic (exact) mass is 402 g/mol. The van der Waals surface area contributed by atoms with Gasteiger partial charge < -0.3 is 14.7 Å². The molecule has 1 N–H and O–H groups in total. The van der Waals surface area contributed by atoms with Crippen LogP contribution in [-0.4, -0.2) is 39.4 Å². The van der Waals surface area contributed by atoms with Gasteiger partial charge in [-0.1, -0.05) is 15.9 Å². The molecule has 0 aliphatic rings.